The molecule has 1 aromatic heterocycles. The van der Waals surface area contributed by atoms with E-state index in [0.717, 1.165) is 6.20 Å². The predicted molar refractivity (Wildman–Crippen MR) is 71.2 cm³/mol. The largest absolute Gasteiger partial charge is 0.465 e. The van der Waals surface area contributed by atoms with Crippen LogP contribution in [0.4, 0.5) is 20.7 Å². The molecule has 1 amide bonds. The van der Waals surface area contributed by atoms with Crippen LogP contribution in [0.1, 0.15) is 12.8 Å². The molecule has 10 heteroatoms. The first kappa shape index (κ1) is 15.0. The highest BCUT2D eigenvalue weighted by molar-refractivity contribution is 5.65. The minimum atomic E-state index is -1.32. The van der Waals surface area contributed by atoms with Gasteiger partial charge in [0.05, 0.1) is 11.0 Å². The molecule has 0 bridgehead atoms. The third-order valence-corrected chi connectivity index (χ3v) is 3.52. The van der Waals surface area contributed by atoms with E-state index < -0.39 is 23.2 Å². The number of nitrogens with zero attached hydrogens (tertiary/aromatic N) is 4. The number of carbonyl (C=O) groups is 1. The zero-order chi connectivity index (χ0) is 15.6. The summed E-state index contributed by atoms with van der Waals surface area (Å²) in [4.78, 5) is 22.8. The molecule has 2 atom stereocenters. The smallest absolute Gasteiger partial charge is 0.404 e. The van der Waals surface area contributed by atoms with E-state index in [1.54, 1.807) is 11.9 Å². The average Bonchev–Trinajstić information content (AvgIpc) is 2.70. The number of alkyl halides is 1. The van der Waals surface area contributed by atoms with Crippen LogP contribution < -0.4 is 10.2 Å². The van der Waals surface area contributed by atoms with Crippen molar-refractivity contribution in [3.8, 4) is 0 Å². The van der Waals surface area contributed by atoms with Crippen molar-refractivity contribution < 1.29 is 19.2 Å². The Balaban J connectivity index is 2.18. The lowest BCUT2D eigenvalue weighted by Crippen LogP contribution is -2.40. The first-order valence-corrected chi connectivity index (χ1v) is 6.45. The Labute approximate surface area is 119 Å². The Morgan fingerprint density at radius 2 is 2.24 bits per heavy atom. The molecule has 0 saturated carbocycles. The summed E-state index contributed by atoms with van der Waals surface area (Å²) in [5.74, 6) is 0.308. The number of hydrogen-bond acceptors (Lipinski definition) is 5. The summed E-state index contributed by atoms with van der Waals surface area (Å²) in [6.07, 6.45) is -1.12. The molecule has 0 radical (unpaired) electrons. The van der Waals surface area contributed by atoms with Gasteiger partial charge in [-0.15, -0.1) is 0 Å². The molecule has 1 fully saturated rings. The van der Waals surface area contributed by atoms with Crippen molar-refractivity contribution in [2.24, 2.45) is 7.05 Å². The highest BCUT2D eigenvalue weighted by Crippen LogP contribution is 2.29. The van der Waals surface area contributed by atoms with Crippen LogP contribution in [0, 0.1) is 10.1 Å². The minimum absolute atomic E-state index is 0.0906. The number of halogens is 1. The molecule has 0 spiro atoms. The number of anilines is 1. The van der Waals surface area contributed by atoms with Gasteiger partial charge in [-0.3, -0.25) is 10.1 Å². The highest BCUT2D eigenvalue weighted by atomic mass is 19.1. The number of carboxylic acid groups (broad SMARTS) is 1. The first-order valence-electron chi connectivity index (χ1n) is 6.45. The first-order chi connectivity index (χ1) is 9.90. The Morgan fingerprint density at radius 1 is 1.57 bits per heavy atom. The van der Waals surface area contributed by atoms with Crippen LogP contribution in [-0.2, 0) is 7.05 Å². The summed E-state index contributed by atoms with van der Waals surface area (Å²) >= 11 is 0. The molecule has 9 nitrogen and oxygen atoms in total. The molecular formula is C11H16FN5O4. The normalized spacial score (nSPS) is 22.7. The maximum absolute atomic E-state index is 13.9. The fourth-order valence-corrected chi connectivity index (χ4v) is 2.52. The summed E-state index contributed by atoms with van der Waals surface area (Å²) in [6, 6.07) is -0.806. The average molecular weight is 301 g/mol. The van der Waals surface area contributed by atoms with E-state index in [2.05, 4.69) is 10.4 Å². The molecule has 2 N–H and O–H groups in total. The highest BCUT2D eigenvalue weighted by Gasteiger charge is 2.31. The summed E-state index contributed by atoms with van der Waals surface area (Å²) in [5, 5.41) is 25.7. The second-order valence-electron chi connectivity index (χ2n) is 4.87. The van der Waals surface area contributed by atoms with Crippen LogP contribution in [0.2, 0.25) is 0 Å². The molecule has 2 unspecified atom stereocenters. The Morgan fingerprint density at radius 3 is 2.86 bits per heavy atom. The van der Waals surface area contributed by atoms with Gasteiger partial charge in [-0.05, 0) is 12.8 Å². The molecular weight excluding hydrogens is 285 g/mol. The van der Waals surface area contributed by atoms with Crippen LogP contribution in [0.3, 0.4) is 0 Å². The Hall–Kier alpha value is -2.39. The molecule has 1 aliphatic rings. The molecule has 2 rings (SSSR count). The van der Waals surface area contributed by atoms with Crippen molar-refractivity contribution in [3.05, 3.63) is 16.3 Å². The maximum atomic E-state index is 13.9. The van der Waals surface area contributed by atoms with Crippen LogP contribution in [0.5, 0.6) is 0 Å². The Bertz CT molecular complexity index is 549. The van der Waals surface area contributed by atoms with Crippen LogP contribution in [-0.4, -0.2) is 51.2 Å². The van der Waals surface area contributed by atoms with Gasteiger partial charge in [-0.25, -0.2) is 13.9 Å². The van der Waals surface area contributed by atoms with E-state index in [-0.39, 0.29) is 25.1 Å². The monoisotopic (exact) mass is 301 g/mol. The lowest BCUT2D eigenvalue weighted by atomic mass is 10.1. The number of nitrogens with one attached hydrogen (secondary N) is 1. The summed E-state index contributed by atoms with van der Waals surface area (Å²) < 4.78 is 15.3. The van der Waals surface area contributed by atoms with Gasteiger partial charge >= 0.3 is 11.8 Å². The Kier molecular flexibility index (Phi) is 4.24. The van der Waals surface area contributed by atoms with Crippen molar-refractivity contribution in [1.29, 1.82) is 0 Å². The molecule has 1 aromatic rings. The van der Waals surface area contributed by atoms with Gasteiger partial charge in [0, 0.05) is 20.1 Å². The van der Waals surface area contributed by atoms with Crippen molar-refractivity contribution in [1.82, 2.24) is 15.1 Å². The van der Waals surface area contributed by atoms with E-state index in [4.69, 9.17) is 5.11 Å². The second-order valence-corrected chi connectivity index (χ2v) is 4.87. The molecule has 0 aliphatic carbocycles. The number of rotatable bonds is 3. The molecule has 116 valence electrons. The van der Waals surface area contributed by atoms with Crippen molar-refractivity contribution in [2.45, 2.75) is 25.1 Å². The minimum Gasteiger partial charge on any atom is -0.465 e. The van der Waals surface area contributed by atoms with Crippen molar-refractivity contribution in [2.75, 3.05) is 18.0 Å². The van der Waals surface area contributed by atoms with Gasteiger partial charge < -0.3 is 15.3 Å². The molecule has 1 saturated heterocycles. The molecule has 0 aromatic carbocycles. The fraction of sp³-hybridized carbons (Fsp3) is 0.636. The standard InChI is InChI=1S/C11H16FN5O4/c1-15-10(9(6-13-15)17(20)21)16-4-2-7(12)8(3-5-16)14-11(18)19/h6-8,14H,2-5H2,1H3,(H,18,19). The lowest BCUT2D eigenvalue weighted by molar-refractivity contribution is -0.384. The van der Waals surface area contributed by atoms with Crippen LogP contribution in [0.15, 0.2) is 6.20 Å². The van der Waals surface area contributed by atoms with E-state index in [9.17, 15) is 19.3 Å². The van der Waals surface area contributed by atoms with Crippen molar-refractivity contribution >= 4 is 17.6 Å². The number of hydrogen-bond donors (Lipinski definition) is 2. The predicted octanol–water partition coefficient (Wildman–Crippen LogP) is 0.903. The lowest BCUT2D eigenvalue weighted by Gasteiger charge is -2.21. The third kappa shape index (κ3) is 3.20. The molecule has 21 heavy (non-hydrogen) atoms. The maximum Gasteiger partial charge on any atom is 0.404 e. The van der Waals surface area contributed by atoms with Crippen LogP contribution in [0.25, 0.3) is 0 Å². The van der Waals surface area contributed by atoms with E-state index in [1.807, 2.05) is 0 Å². The van der Waals surface area contributed by atoms with E-state index in [0.29, 0.717) is 12.4 Å². The fourth-order valence-electron chi connectivity index (χ4n) is 2.52. The van der Waals surface area contributed by atoms with Gasteiger partial charge in [0.2, 0.25) is 5.82 Å². The van der Waals surface area contributed by atoms with Gasteiger partial charge in [0.1, 0.15) is 12.4 Å². The van der Waals surface area contributed by atoms with Gasteiger partial charge in [-0.2, -0.15) is 5.10 Å². The second kappa shape index (κ2) is 5.94. The van der Waals surface area contributed by atoms with Gasteiger partial charge in [0.25, 0.3) is 0 Å². The topological polar surface area (TPSA) is 114 Å². The summed E-state index contributed by atoms with van der Waals surface area (Å²) in [7, 11) is 1.58. The third-order valence-electron chi connectivity index (χ3n) is 3.52. The summed E-state index contributed by atoms with van der Waals surface area (Å²) in [6.45, 7) is 0.574. The van der Waals surface area contributed by atoms with E-state index in [1.165, 1.54) is 4.68 Å². The number of amides is 1. The SMILES string of the molecule is Cn1ncc([N+](=O)[O-])c1N1CCC(F)C(NC(=O)O)CC1. The van der Waals surface area contributed by atoms with Crippen molar-refractivity contribution in [3.63, 3.8) is 0 Å². The number of nitro groups is 1. The quantitative estimate of drug-likeness (QED) is 0.633. The number of aryl methyl sites for hydroxylation is 1. The number of aromatic nitrogens is 2. The van der Waals surface area contributed by atoms with Crippen LogP contribution >= 0.6 is 0 Å². The summed E-state index contributed by atoms with van der Waals surface area (Å²) in [5.41, 5.74) is -0.141. The van der Waals surface area contributed by atoms with Gasteiger partial charge in [0.15, 0.2) is 0 Å². The zero-order valence-electron chi connectivity index (χ0n) is 11.4. The molecule has 1 aliphatic heterocycles. The zero-order valence-corrected chi connectivity index (χ0v) is 11.4. The van der Waals surface area contributed by atoms with E-state index >= 15 is 0 Å². The molecule has 2 heterocycles. The van der Waals surface area contributed by atoms with Gasteiger partial charge in [-0.1, -0.05) is 0 Å².